The molecule has 0 saturated carbocycles. The number of imide groups is 2. The van der Waals surface area contributed by atoms with Crippen molar-refractivity contribution >= 4 is 92.3 Å². The standard InChI is InChI=1S/C92H94N4O4S4/c1-10-16-20-24-28-61-32-40-65(41-33-61)91(66-42-34-62(35-43-66)29-25-21-17-11-2)76-57-74-77(56-73(76)85-78(91)54-71(103-85)52-69-48-50-80(101-69)82-59(7)75(58-93)87(97)95(14-5)88(82)98)92(67-44-36-63(37-45-67)30-26-22-18-12-3,68-46-38-64(39-47-68)31-27-23-19-13-4)79-55-72(104-86(74)79)53-70-49-51-81(102-70)83-60(8)84(94-9)90(100)96(15-6)89(83)99/h32-57H,10-31H2,1-8H3/b69-52+,70-53+,82-80+,83-81+. The predicted molar refractivity (Wildman–Crippen MR) is 432 cm³/mol. The minimum atomic E-state index is -0.768. The highest BCUT2D eigenvalue weighted by Crippen LogP contribution is 2.65. The summed E-state index contributed by atoms with van der Waals surface area (Å²) in [4.78, 5) is 65.7. The number of carbonyl (C=O) groups excluding carboxylic acids is 4. The van der Waals surface area contributed by atoms with Crippen LogP contribution >= 0.6 is 45.3 Å². The summed E-state index contributed by atoms with van der Waals surface area (Å²) >= 11 is 6.68. The molecular formula is C92H94N4O4S4. The fraction of sp³-hybridized carbons (Fsp3) is 0.348. The lowest BCUT2D eigenvalue weighted by Gasteiger charge is -2.35. The summed E-state index contributed by atoms with van der Waals surface area (Å²) in [6.45, 7) is 24.4. The number of aryl methyl sites for hydroxylation is 4. The maximum atomic E-state index is 14.2. The van der Waals surface area contributed by atoms with Crippen molar-refractivity contribution in [3.05, 3.63) is 274 Å². The zero-order valence-corrected chi connectivity index (χ0v) is 64.9. The molecule has 530 valence electrons. The monoisotopic (exact) mass is 1450 g/mol. The van der Waals surface area contributed by atoms with Crippen LogP contribution in [0.5, 0.6) is 0 Å². The van der Waals surface area contributed by atoms with Gasteiger partial charge in [-0.1, -0.05) is 202 Å². The molecule has 8 nitrogen and oxygen atoms in total. The summed E-state index contributed by atoms with van der Waals surface area (Å²) in [7, 11) is 0. The lowest BCUT2D eigenvalue weighted by atomic mass is 9.65. The lowest BCUT2D eigenvalue weighted by molar-refractivity contribution is -0.140. The Balaban J connectivity index is 1.09. The van der Waals surface area contributed by atoms with Crippen molar-refractivity contribution in [2.75, 3.05) is 13.1 Å². The summed E-state index contributed by atoms with van der Waals surface area (Å²) in [6.07, 6.45) is 27.6. The Bertz CT molecular complexity index is 4750. The molecule has 6 heterocycles. The van der Waals surface area contributed by atoms with Gasteiger partial charge in [-0.25, -0.2) is 4.85 Å². The Morgan fingerprint density at radius 1 is 0.413 bits per heavy atom. The highest BCUT2D eigenvalue weighted by atomic mass is 32.1. The van der Waals surface area contributed by atoms with Gasteiger partial charge in [0.25, 0.3) is 29.3 Å². The summed E-state index contributed by atoms with van der Waals surface area (Å²) in [5.74, 6) is -1.82. The largest absolute Gasteiger partial charge is 0.284 e. The fourth-order valence-electron chi connectivity index (χ4n) is 16.5. The number of unbranched alkanes of at least 4 members (excludes halogenated alkanes) is 12. The number of hydrogen-bond acceptors (Lipinski definition) is 9. The van der Waals surface area contributed by atoms with Gasteiger partial charge in [0.1, 0.15) is 11.6 Å². The average Bonchev–Trinajstić information content (AvgIpc) is 1.50. The van der Waals surface area contributed by atoms with Crippen molar-refractivity contribution in [1.82, 2.24) is 9.80 Å². The summed E-state index contributed by atoms with van der Waals surface area (Å²) in [5, 5.41) is 10.2. The second-order valence-corrected chi connectivity index (χ2v) is 33.0. The highest BCUT2D eigenvalue weighted by Gasteiger charge is 2.53. The van der Waals surface area contributed by atoms with Gasteiger partial charge >= 0.3 is 0 Å². The molecule has 12 heteroatoms. The molecule has 0 fully saturated rings. The molecule has 0 atom stereocenters. The van der Waals surface area contributed by atoms with E-state index in [0.717, 1.165) is 79.3 Å². The third-order valence-electron chi connectivity index (χ3n) is 22.1. The molecular weight excluding hydrogens is 1350 g/mol. The van der Waals surface area contributed by atoms with E-state index in [1.165, 1.54) is 197 Å². The first-order chi connectivity index (χ1) is 50.7. The van der Waals surface area contributed by atoms with E-state index >= 15 is 0 Å². The number of carbonyl (C=O) groups is 4. The van der Waals surface area contributed by atoms with Crippen molar-refractivity contribution in [3.63, 3.8) is 0 Å². The molecule has 0 saturated heterocycles. The number of nitriles is 1. The first kappa shape index (κ1) is 73.4. The molecule has 9 aromatic rings. The number of thiophene rings is 4. The molecule has 13 rings (SSSR count). The first-order valence-electron chi connectivity index (χ1n) is 38.1. The first-order valence-corrected chi connectivity index (χ1v) is 41.4. The van der Waals surface area contributed by atoms with E-state index in [-0.39, 0.29) is 36.2 Å². The molecule has 0 bridgehead atoms. The zero-order valence-electron chi connectivity index (χ0n) is 61.6. The van der Waals surface area contributed by atoms with Crippen molar-refractivity contribution in [2.24, 2.45) is 0 Å². The molecule has 104 heavy (non-hydrogen) atoms. The normalized spacial score (nSPS) is 16.6. The number of nitrogens with zero attached hydrogens (tertiary/aromatic N) is 4. The molecule has 0 radical (unpaired) electrons. The van der Waals surface area contributed by atoms with E-state index in [4.69, 9.17) is 6.57 Å². The van der Waals surface area contributed by atoms with Crippen LogP contribution in [0.3, 0.4) is 0 Å². The van der Waals surface area contributed by atoms with Gasteiger partial charge in [0.15, 0.2) is 0 Å². The van der Waals surface area contributed by atoms with Gasteiger partial charge in [-0.05, 0) is 229 Å². The fourth-order valence-corrected chi connectivity index (χ4v) is 21.2. The molecule has 2 aliphatic heterocycles. The van der Waals surface area contributed by atoms with E-state index in [1.54, 1.807) is 27.7 Å². The Morgan fingerprint density at radius 2 is 0.760 bits per heavy atom. The highest BCUT2D eigenvalue weighted by molar-refractivity contribution is 7.17. The molecule has 0 N–H and O–H groups in total. The van der Waals surface area contributed by atoms with Crippen LogP contribution in [0, 0.1) is 17.9 Å². The van der Waals surface area contributed by atoms with Crippen LogP contribution in [0.15, 0.2) is 168 Å². The molecule has 4 amide bonds. The topological polar surface area (TPSA) is 103 Å². The van der Waals surface area contributed by atoms with Gasteiger partial charge in [0.2, 0.25) is 0 Å². The van der Waals surface area contributed by atoms with Gasteiger partial charge in [0, 0.05) is 56.3 Å². The Morgan fingerprint density at radius 3 is 1.09 bits per heavy atom. The number of hydrogen-bond donors (Lipinski definition) is 0. The summed E-state index contributed by atoms with van der Waals surface area (Å²) in [5.41, 5.74) is 17.7. The van der Waals surface area contributed by atoms with Crippen LogP contribution in [-0.4, -0.2) is 46.5 Å². The predicted octanol–water partition coefficient (Wildman–Crippen LogP) is 19.9. The average molecular weight is 1450 g/mol. The van der Waals surface area contributed by atoms with Crippen LogP contribution in [-0.2, 0) is 55.7 Å². The lowest BCUT2D eigenvalue weighted by Crippen LogP contribution is -2.43. The van der Waals surface area contributed by atoms with Gasteiger partial charge in [-0.3, -0.25) is 29.0 Å². The zero-order chi connectivity index (χ0) is 72.8. The van der Waals surface area contributed by atoms with Crippen molar-refractivity contribution in [1.29, 1.82) is 5.26 Å². The Kier molecular flexibility index (Phi) is 22.8. The number of benzene rings is 5. The number of rotatable bonds is 28. The van der Waals surface area contributed by atoms with Crippen LogP contribution in [0.4, 0.5) is 0 Å². The van der Waals surface area contributed by atoms with Crippen molar-refractivity contribution in [2.45, 2.75) is 195 Å². The SMILES string of the molecule is [C-]#[N+]C1=C(C)/C(=c2/cc/c(=C\c3cc4c(s3)-c3cc5c(cc3C4(c3ccc(CCCCCC)cc3)c3ccc(CCCCCC)cc3)-c3sc(/C=c4\cc/c(=C6\C(=O)N(CC)C(=O)C(C#N)=C6C)s4)cc3C5(c3ccc(CCCCCC)cc3)c3ccc(CCCCCC)cc3)s2)C(=O)N(CC)C1=O. The van der Waals surface area contributed by atoms with E-state index in [0.29, 0.717) is 22.3 Å². The second kappa shape index (κ2) is 32.2. The molecule has 5 aromatic carbocycles. The number of likely N-dealkylation sites (N-methyl/N-ethyl adjacent to an activating group) is 2. The Labute approximate surface area is 630 Å². The minimum absolute atomic E-state index is 0.00429. The number of fused-ring (bicyclic) bond motifs is 6. The maximum absolute atomic E-state index is 14.2. The minimum Gasteiger partial charge on any atom is -0.284 e. The van der Waals surface area contributed by atoms with Gasteiger partial charge < -0.3 is 0 Å². The molecule has 0 unspecified atom stereocenters. The van der Waals surface area contributed by atoms with E-state index < -0.39 is 22.6 Å². The van der Waals surface area contributed by atoms with Crippen LogP contribution < -0.4 is 18.1 Å². The Hall–Kier alpha value is -8.88. The third-order valence-corrected chi connectivity index (χ3v) is 26.4. The van der Waals surface area contributed by atoms with E-state index in [9.17, 15) is 24.4 Å². The number of amides is 4. The van der Waals surface area contributed by atoms with Crippen LogP contribution in [0.2, 0.25) is 0 Å². The van der Waals surface area contributed by atoms with Crippen molar-refractivity contribution < 1.29 is 19.2 Å². The smallest absolute Gasteiger partial charge is 0.271 e. The van der Waals surface area contributed by atoms with Crippen LogP contribution in [0.25, 0.3) is 49.0 Å². The molecule has 0 spiro atoms. The summed E-state index contributed by atoms with van der Waals surface area (Å²) in [6, 6.07) is 58.8. The van der Waals surface area contributed by atoms with E-state index in [1.807, 2.05) is 34.8 Å². The molecule has 4 aliphatic rings. The molecule has 4 aromatic heterocycles. The van der Waals surface area contributed by atoms with Gasteiger partial charge in [0.05, 0.1) is 23.0 Å². The third kappa shape index (κ3) is 13.6. The van der Waals surface area contributed by atoms with E-state index in [2.05, 4.69) is 184 Å². The van der Waals surface area contributed by atoms with Crippen LogP contribution in [0.1, 0.15) is 235 Å². The maximum Gasteiger partial charge on any atom is 0.271 e. The van der Waals surface area contributed by atoms with Gasteiger partial charge in [-0.15, -0.1) is 45.3 Å². The van der Waals surface area contributed by atoms with Crippen molar-refractivity contribution in [3.8, 4) is 27.0 Å². The van der Waals surface area contributed by atoms with Gasteiger partial charge in [-0.2, -0.15) is 5.26 Å². The second-order valence-electron chi connectivity index (χ2n) is 28.6. The summed E-state index contributed by atoms with van der Waals surface area (Å²) < 4.78 is 3.38. The quantitative estimate of drug-likeness (QED) is 0.0276. The molecule has 2 aliphatic carbocycles.